The van der Waals surface area contributed by atoms with Gasteiger partial charge in [-0.15, -0.1) is 0 Å². The molecule has 62 heavy (non-hydrogen) atoms. The SMILES string of the molecule is C[C@H](CC[C@@]1(O)O[C@H]2C[C@H]3[C@@H]4CC=C5C[C@@H](O)C[C@@H](O[C@@H]6OC[C@@H](O)[C@H](O)[C@H]6O)[C@]5(C)[C@H]4CC[C@]3(C)[C@H]2[C@@H]1C)CO[C@@H]1O[C@H](CO)[C@@H](O)[C@H](O)[C@H]1O[C@@H]1O[C@@H](C)[C@H](O)[C@@H](O)[C@H]1O. The van der Waals surface area contributed by atoms with Crippen molar-refractivity contribution in [3.63, 3.8) is 0 Å². The Kier molecular flexibility index (Phi) is 13.7. The minimum atomic E-state index is -1.68. The molecule has 26 atom stereocenters. The van der Waals surface area contributed by atoms with Gasteiger partial charge in [-0.3, -0.25) is 0 Å². The van der Waals surface area contributed by atoms with Crippen molar-refractivity contribution in [2.45, 2.75) is 196 Å². The Morgan fingerprint density at radius 1 is 0.823 bits per heavy atom. The molecule has 0 unspecified atom stereocenters. The lowest BCUT2D eigenvalue weighted by Gasteiger charge is -2.60. The summed E-state index contributed by atoms with van der Waals surface area (Å²) in [5.41, 5.74) is 0.598. The molecule has 11 N–H and O–H groups in total. The molecule has 356 valence electrons. The number of allylic oxidation sites excluding steroid dienone is 1. The molecule has 8 aliphatic rings. The van der Waals surface area contributed by atoms with Gasteiger partial charge in [0, 0.05) is 24.2 Å². The van der Waals surface area contributed by atoms with Crippen molar-refractivity contribution >= 4 is 0 Å². The Labute approximate surface area is 362 Å². The van der Waals surface area contributed by atoms with Crippen molar-refractivity contribution in [2.24, 2.45) is 46.3 Å². The van der Waals surface area contributed by atoms with Crippen LogP contribution < -0.4 is 0 Å². The highest BCUT2D eigenvalue weighted by molar-refractivity contribution is 5.28. The second-order valence-corrected chi connectivity index (χ2v) is 20.7. The van der Waals surface area contributed by atoms with Crippen molar-refractivity contribution in [3.8, 4) is 0 Å². The average molecular weight is 889 g/mol. The van der Waals surface area contributed by atoms with E-state index in [0.717, 1.165) is 31.3 Å². The Morgan fingerprint density at radius 3 is 2.27 bits per heavy atom. The van der Waals surface area contributed by atoms with Gasteiger partial charge in [0.15, 0.2) is 24.7 Å². The molecule has 0 radical (unpaired) electrons. The van der Waals surface area contributed by atoms with E-state index in [-0.39, 0.29) is 48.4 Å². The number of aliphatic hydroxyl groups excluding tert-OH is 10. The third kappa shape index (κ3) is 8.06. The van der Waals surface area contributed by atoms with Gasteiger partial charge in [0.25, 0.3) is 0 Å². The molecular weight excluding hydrogens is 816 g/mol. The van der Waals surface area contributed by atoms with Gasteiger partial charge in [-0.25, -0.2) is 0 Å². The fraction of sp³-hybridized carbons (Fsp3) is 0.955. The molecule has 0 spiro atoms. The molecular formula is C44H72O18. The highest BCUT2D eigenvalue weighted by Gasteiger charge is 2.69. The van der Waals surface area contributed by atoms with E-state index in [4.69, 9.17) is 33.2 Å². The zero-order valence-electron chi connectivity index (χ0n) is 36.4. The van der Waals surface area contributed by atoms with Crippen LogP contribution >= 0.6 is 0 Å². The number of hydrogen-bond acceptors (Lipinski definition) is 18. The molecule has 18 heteroatoms. The maximum atomic E-state index is 12.2. The summed E-state index contributed by atoms with van der Waals surface area (Å²) in [5.74, 6) is -0.781. The van der Waals surface area contributed by atoms with Gasteiger partial charge < -0.3 is 89.3 Å². The van der Waals surface area contributed by atoms with Gasteiger partial charge >= 0.3 is 0 Å². The van der Waals surface area contributed by atoms with E-state index in [9.17, 15) is 56.2 Å². The number of fused-ring (bicyclic) bond motifs is 7. The van der Waals surface area contributed by atoms with Crippen molar-refractivity contribution in [1.29, 1.82) is 0 Å². The second kappa shape index (κ2) is 17.9. The molecule has 0 aromatic rings. The van der Waals surface area contributed by atoms with Crippen LogP contribution in [-0.2, 0) is 33.2 Å². The highest BCUT2D eigenvalue weighted by atomic mass is 16.8. The van der Waals surface area contributed by atoms with Crippen molar-refractivity contribution in [3.05, 3.63) is 11.6 Å². The summed E-state index contributed by atoms with van der Waals surface area (Å²) in [4.78, 5) is 0. The predicted octanol–water partition coefficient (Wildman–Crippen LogP) is -1.22. The van der Waals surface area contributed by atoms with Gasteiger partial charge in [0.05, 0.1) is 44.2 Å². The fourth-order valence-corrected chi connectivity index (χ4v) is 13.3. The lowest BCUT2D eigenvalue weighted by Crippen LogP contribution is -2.64. The smallest absolute Gasteiger partial charge is 0.187 e. The maximum Gasteiger partial charge on any atom is 0.187 e. The molecule has 4 aliphatic carbocycles. The molecule has 4 heterocycles. The van der Waals surface area contributed by atoms with Crippen LogP contribution in [0, 0.1) is 46.3 Å². The first kappa shape index (κ1) is 47.5. The first-order chi connectivity index (χ1) is 29.2. The molecule has 4 aliphatic heterocycles. The van der Waals surface area contributed by atoms with E-state index in [0.29, 0.717) is 37.5 Å². The lowest BCUT2D eigenvalue weighted by atomic mass is 9.46. The quantitative estimate of drug-likeness (QED) is 0.108. The molecule has 0 bridgehead atoms. The average Bonchev–Trinajstić information content (AvgIpc) is 3.67. The molecule has 7 fully saturated rings. The van der Waals surface area contributed by atoms with E-state index < -0.39 is 116 Å². The zero-order chi connectivity index (χ0) is 44.8. The standard InChI is InChI=1S/C44H72O18/c1-18(16-56-41-38(35(52)33(50)28(15-45)59-41)61-40-37(54)34(51)31(48)20(3)58-40)8-11-44(55)19(2)30-27(62-44)14-25-23-7-6-21-12-22(46)13-29(43(21,5)24(23)9-10-42(25,30)4)60-39-36(53)32(49)26(47)17-57-39/h6,18-20,22-41,45-55H,7-17H2,1-5H3/t18-,19+,20+,22-,23-,24+,25+,26-,27+,28-,29-,30+,31+,32+,33-,34-,35+,36-,37-,38-,39+,40+,41-,42+,43+,44-/m1/s1. The number of hydrogen-bond donors (Lipinski definition) is 11. The Hall–Kier alpha value is -0.980. The first-order valence-corrected chi connectivity index (χ1v) is 22.9. The summed E-state index contributed by atoms with van der Waals surface area (Å²) >= 11 is 0. The molecule has 4 saturated heterocycles. The maximum absolute atomic E-state index is 12.2. The van der Waals surface area contributed by atoms with Crippen LogP contribution in [0.3, 0.4) is 0 Å². The Bertz CT molecular complexity index is 1590. The van der Waals surface area contributed by atoms with Gasteiger partial charge in [-0.1, -0.05) is 39.3 Å². The van der Waals surface area contributed by atoms with Gasteiger partial charge in [-0.2, -0.15) is 0 Å². The fourth-order valence-electron chi connectivity index (χ4n) is 13.3. The summed E-state index contributed by atoms with van der Waals surface area (Å²) in [5, 5.41) is 117. The van der Waals surface area contributed by atoms with Crippen LogP contribution in [0.25, 0.3) is 0 Å². The second-order valence-electron chi connectivity index (χ2n) is 20.7. The van der Waals surface area contributed by atoms with E-state index >= 15 is 0 Å². The number of ether oxygens (including phenoxy) is 7. The topological polar surface area (TPSA) is 287 Å². The first-order valence-electron chi connectivity index (χ1n) is 22.9. The summed E-state index contributed by atoms with van der Waals surface area (Å²) < 4.78 is 42.2. The predicted molar refractivity (Wildman–Crippen MR) is 213 cm³/mol. The normalized spacial score (nSPS) is 55.7. The van der Waals surface area contributed by atoms with Crippen molar-refractivity contribution in [2.75, 3.05) is 19.8 Å². The van der Waals surface area contributed by atoms with E-state index in [1.165, 1.54) is 6.92 Å². The largest absolute Gasteiger partial charge is 0.394 e. The Morgan fingerprint density at radius 2 is 1.55 bits per heavy atom. The van der Waals surface area contributed by atoms with E-state index in [1.807, 2.05) is 6.92 Å². The van der Waals surface area contributed by atoms with Gasteiger partial charge in [-0.05, 0) is 80.5 Å². The highest BCUT2D eigenvalue weighted by Crippen LogP contribution is 2.70. The molecule has 18 nitrogen and oxygen atoms in total. The minimum Gasteiger partial charge on any atom is -0.394 e. The van der Waals surface area contributed by atoms with Crippen LogP contribution in [0.1, 0.15) is 86.0 Å². The summed E-state index contributed by atoms with van der Waals surface area (Å²) in [6, 6.07) is 0. The number of aliphatic hydroxyl groups is 11. The van der Waals surface area contributed by atoms with E-state index in [2.05, 4.69) is 26.8 Å². The van der Waals surface area contributed by atoms with Crippen LogP contribution in [0.5, 0.6) is 0 Å². The summed E-state index contributed by atoms with van der Waals surface area (Å²) in [6.07, 6.45) is -13.1. The monoisotopic (exact) mass is 888 g/mol. The summed E-state index contributed by atoms with van der Waals surface area (Å²) in [6.45, 7) is 9.35. The van der Waals surface area contributed by atoms with Crippen molar-refractivity contribution < 1.29 is 89.3 Å². The van der Waals surface area contributed by atoms with Gasteiger partial charge in [0.2, 0.25) is 0 Å². The Balaban J connectivity index is 0.899. The molecule has 8 rings (SSSR count). The summed E-state index contributed by atoms with van der Waals surface area (Å²) in [7, 11) is 0. The van der Waals surface area contributed by atoms with Gasteiger partial charge in [0.1, 0.15) is 61.0 Å². The van der Waals surface area contributed by atoms with Crippen LogP contribution in [0.2, 0.25) is 0 Å². The molecule has 0 aromatic heterocycles. The molecule has 3 saturated carbocycles. The third-order valence-corrected chi connectivity index (χ3v) is 17.1. The lowest BCUT2D eigenvalue weighted by molar-refractivity contribution is -0.365. The third-order valence-electron chi connectivity index (χ3n) is 17.1. The van der Waals surface area contributed by atoms with Crippen LogP contribution in [0.4, 0.5) is 0 Å². The zero-order valence-corrected chi connectivity index (χ0v) is 36.4. The van der Waals surface area contributed by atoms with Crippen molar-refractivity contribution in [1.82, 2.24) is 0 Å². The van der Waals surface area contributed by atoms with Crippen LogP contribution in [0.15, 0.2) is 11.6 Å². The number of rotatable bonds is 11. The van der Waals surface area contributed by atoms with Crippen LogP contribution in [-0.4, -0.2) is 186 Å². The molecule has 0 aromatic carbocycles. The van der Waals surface area contributed by atoms with E-state index in [1.54, 1.807) is 0 Å². The molecule has 0 amide bonds. The minimum absolute atomic E-state index is 0.0713.